The van der Waals surface area contributed by atoms with Crippen molar-refractivity contribution in [1.29, 1.82) is 5.26 Å². The van der Waals surface area contributed by atoms with Crippen LogP contribution in [-0.2, 0) is 0 Å². The second-order valence-corrected chi connectivity index (χ2v) is 5.25. The lowest BCUT2D eigenvalue weighted by molar-refractivity contribution is 0.102. The summed E-state index contributed by atoms with van der Waals surface area (Å²) >= 11 is 3.29. The van der Waals surface area contributed by atoms with Gasteiger partial charge in [-0.05, 0) is 48.9 Å². The summed E-state index contributed by atoms with van der Waals surface area (Å²) in [5, 5.41) is 11.8. The van der Waals surface area contributed by atoms with Crippen LogP contribution in [0.15, 0.2) is 40.9 Å². The Kier molecular flexibility index (Phi) is 4.06. The largest absolute Gasteiger partial charge is 0.399 e. The van der Waals surface area contributed by atoms with E-state index in [0.29, 0.717) is 22.5 Å². The van der Waals surface area contributed by atoms with E-state index in [-0.39, 0.29) is 5.91 Å². The van der Waals surface area contributed by atoms with Gasteiger partial charge in [-0.25, -0.2) is 0 Å². The zero-order valence-electron chi connectivity index (χ0n) is 10.8. The van der Waals surface area contributed by atoms with Crippen LogP contribution in [0.1, 0.15) is 21.5 Å². The van der Waals surface area contributed by atoms with Gasteiger partial charge < -0.3 is 11.1 Å². The van der Waals surface area contributed by atoms with E-state index in [4.69, 9.17) is 11.0 Å². The van der Waals surface area contributed by atoms with Gasteiger partial charge in [0.05, 0.1) is 11.3 Å². The molecule has 2 rings (SSSR count). The average Bonchev–Trinajstić information content (AvgIpc) is 2.40. The highest BCUT2D eigenvalue weighted by molar-refractivity contribution is 9.10. The molecule has 4 nitrogen and oxygen atoms in total. The smallest absolute Gasteiger partial charge is 0.255 e. The molecule has 0 saturated heterocycles. The molecule has 3 N–H and O–H groups in total. The van der Waals surface area contributed by atoms with Crippen LogP contribution in [0, 0.1) is 18.3 Å². The summed E-state index contributed by atoms with van der Waals surface area (Å²) in [6.45, 7) is 1.82. The Morgan fingerprint density at radius 2 is 2.05 bits per heavy atom. The van der Waals surface area contributed by atoms with Gasteiger partial charge in [-0.15, -0.1) is 0 Å². The Hall–Kier alpha value is -2.32. The lowest BCUT2D eigenvalue weighted by atomic mass is 10.1. The number of aryl methyl sites for hydroxylation is 1. The first kappa shape index (κ1) is 14.1. The third-order valence-electron chi connectivity index (χ3n) is 2.85. The average molecular weight is 330 g/mol. The van der Waals surface area contributed by atoms with Crippen LogP contribution in [0.25, 0.3) is 0 Å². The van der Waals surface area contributed by atoms with E-state index in [2.05, 4.69) is 27.3 Å². The Bertz CT molecular complexity index is 720. The van der Waals surface area contributed by atoms with Crippen LogP contribution in [0.5, 0.6) is 0 Å². The lowest BCUT2D eigenvalue weighted by Gasteiger charge is -2.09. The van der Waals surface area contributed by atoms with Gasteiger partial charge in [0, 0.05) is 15.7 Å². The quantitative estimate of drug-likeness (QED) is 0.828. The molecule has 20 heavy (non-hydrogen) atoms. The van der Waals surface area contributed by atoms with Gasteiger partial charge in [-0.3, -0.25) is 4.79 Å². The van der Waals surface area contributed by atoms with E-state index < -0.39 is 0 Å². The predicted molar refractivity (Wildman–Crippen MR) is 82.4 cm³/mol. The molecule has 0 radical (unpaired) electrons. The van der Waals surface area contributed by atoms with E-state index in [0.717, 1.165) is 10.0 Å². The van der Waals surface area contributed by atoms with Crippen molar-refractivity contribution in [3.05, 3.63) is 57.6 Å². The molecule has 0 atom stereocenters. The van der Waals surface area contributed by atoms with Crippen LogP contribution in [0.4, 0.5) is 11.4 Å². The number of benzene rings is 2. The Labute approximate surface area is 125 Å². The third kappa shape index (κ3) is 2.98. The first-order chi connectivity index (χ1) is 9.51. The second kappa shape index (κ2) is 5.76. The number of hydrogen-bond acceptors (Lipinski definition) is 3. The summed E-state index contributed by atoms with van der Waals surface area (Å²) in [5.74, 6) is -0.263. The van der Waals surface area contributed by atoms with Crippen LogP contribution in [0.3, 0.4) is 0 Å². The molecule has 0 aliphatic rings. The van der Waals surface area contributed by atoms with Crippen molar-refractivity contribution in [3.8, 4) is 6.07 Å². The van der Waals surface area contributed by atoms with E-state index in [9.17, 15) is 4.79 Å². The van der Waals surface area contributed by atoms with Crippen molar-refractivity contribution in [2.45, 2.75) is 6.92 Å². The van der Waals surface area contributed by atoms with Crippen LogP contribution < -0.4 is 11.1 Å². The minimum absolute atomic E-state index is 0.263. The maximum Gasteiger partial charge on any atom is 0.255 e. The zero-order valence-corrected chi connectivity index (χ0v) is 12.4. The molecule has 0 aliphatic heterocycles. The van der Waals surface area contributed by atoms with Crippen LogP contribution in [0.2, 0.25) is 0 Å². The standard InChI is InChI=1S/C15H12BrN3O/c1-9-6-12(18)3-4-13(9)15(20)19-14-5-2-11(16)7-10(14)8-17/h2-7H,18H2,1H3,(H,19,20). The Morgan fingerprint density at radius 3 is 2.70 bits per heavy atom. The fraction of sp³-hybridized carbons (Fsp3) is 0.0667. The van der Waals surface area contributed by atoms with Crippen molar-refractivity contribution in [3.63, 3.8) is 0 Å². The van der Waals surface area contributed by atoms with Gasteiger partial charge in [-0.1, -0.05) is 15.9 Å². The summed E-state index contributed by atoms with van der Waals surface area (Å²) in [6.07, 6.45) is 0. The highest BCUT2D eigenvalue weighted by Gasteiger charge is 2.11. The second-order valence-electron chi connectivity index (χ2n) is 4.33. The summed E-state index contributed by atoms with van der Waals surface area (Å²) in [5.41, 5.74) is 8.48. The van der Waals surface area contributed by atoms with Gasteiger partial charge in [0.15, 0.2) is 0 Å². The summed E-state index contributed by atoms with van der Waals surface area (Å²) < 4.78 is 0.788. The molecule has 1 amide bonds. The molecule has 2 aromatic carbocycles. The first-order valence-electron chi connectivity index (χ1n) is 5.88. The first-order valence-corrected chi connectivity index (χ1v) is 6.67. The molecule has 0 fully saturated rings. The summed E-state index contributed by atoms with van der Waals surface area (Å²) in [6, 6.07) is 12.3. The van der Waals surface area contributed by atoms with E-state index in [1.165, 1.54) is 0 Å². The molecular weight excluding hydrogens is 318 g/mol. The summed E-state index contributed by atoms with van der Waals surface area (Å²) in [7, 11) is 0. The lowest BCUT2D eigenvalue weighted by Crippen LogP contribution is -2.14. The number of nitrogens with two attached hydrogens (primary N) is 1. The number of carbonyl (C=O) groups is 1. The number of nitrogen functional groups attached to an aromatic ring is 1. The molecule has 0 bridgehead atoms. The van der Waals surface area contributed by atoms with Gasteiger partial charge in [0.2, 0.25) is 0 Å². The van der Waals surface area contributed by atoms with Crippen molar-refractivity contribution in [2.75, 3.05) is 11.1 Å². The zero-order chi connectivity index (χ0) is 14.7. The number of rotatable bonds is 2. The highest BCUT2D eigenvalue weighted by Crippen LogP contribution is 2.21. The fourth-order valence-electron chi connectivity index (χ4n) is 1.85. The van der Waals surface area contributed by atoms with Crippen LogP contribution >= 0.6 is 15.9 Å². The molecule has 5 heteroatoms. The SMILES string of the molecule is Cc1cc(N)ccc1C(=O)Nc1ccc(Br)cc1C#N. The van der Waals surface area contributed by atoms with Gasteiger partial charge in [-0.2, -0.15) is 5.26 Å². The predicted octanol–water partition coefficient (Wildman–Crippen LogP) is 3.46. The van der Waals surface area contributed by atoms with E-state index in [1.807, 2.05) is 6.92 Å². The Morgan fingerprint density at radius 1 is 1.30 bits per heavy atom. The number of nitrogens with one attached hydrogen (secondary N) is 1. The van der Waals surface area contributed by atoms with Crippen molar-refractivity contribution >= 4 is 33.2 Å². The number of carbonyl (C=O) groups excluding carboxylic acids is 1. The highest BCUT2D eigenvalue weighted by atomic mass is 79.9. The van der Waals surface area contributed by atoms with Crippen molar-refractivity contribution in [1.82, 2.24) is 0 Å². The van der Waals surface area contributed by atoms with Gasteiger partial charge in [0.25, 0.3) is 5.91 Å². The molecule has 0 spiro atoms. The molecule has 2 aromatic rings. The minimum Gasteiger partial charge on any atom is -0.399 e. The number of nitrogens with zero attached hydrogens (tertiary/aromatic N) is 1. The summed E-state index contributed by atoms with van der Waals surface area (Å²) in [4.78, 5) is 12.2. The number of hydrogen-bond donors (Lipinski definition) is 2. The molecular formula is C15H12BrN3O. The third-order valence-corrected chi connectivity index (χ3v) is 3.34. The van der Waals surface area contributed by atoms with E-state index in [1.54, 1.807) is 36.4 Å². The van der Waals surface area contributed by atoms with Gasteiger partial charge >= 0.3 is 0 Å². The Balaban J connectivity index is 2.31. The number of anilines is 2. The maximum atomic E-state index is 12.2. The molecule has 100 valence electrons. The molecule has 0 unspecified atom stereocenters. The molecule has 0 aromatic heterocycles. The molecule has 0 aliphatic carbocycles. The van der Waals surface area contributed by atoms with Crippen molar-refractivity contribution in [2.24, 2.45) is 0 Å². The maximum absolute atomic E-state index is 12.2. The fourth-order valence-corrected chi connectivity index (χ4v) is 2.21. The van der Waals surface area contributed by atoms with Crippen LogP contribution in [-0.4, -0.2) is 5.91 Å². The van der Waals surface area contributed by atoms with E-state index >= 15 is 0 Å². The number of nitriles is 1. The molecule has 0 saturated carbocycles. The number of halogens is 1. The normalized spacial score (nSPS) is 9.85. The molecule has 0 heterocycles. The number of amides is 1. The topological polar surface area (TPSA) is 78.9 Å². The monoisotopic (exact) mass is 329 g/mol. The minimum atomic E-state index is -0.263. The van der Waals surface area contributed by atoms with Crippen molar-refractivity contribution < 1.29 is 4.79 Å². The van der Waals surface area contributed by atoms with Gasteiger partial charge in [0.1, 0.15) is 6.07 Å².